The van der Waals surface area contributed by atoms with Gasteiger partial charge in [-0.3, -0.25) is 0 Å². The molecule has 0 spiro atoms. The minimum Gasteiger partial charge on any atom is -0.330 e. The third-order valence-corrected chi connectivity index (χ3v) is 2.43. The van der Waals surface area contributed by atoms with Crippen molar-refractivity contribution in [3.63, 3.8) is 0 Å². The lowest BCUT2D eigenvalue weighted by Crippen LogP contribution is -2.23. The lowest BCUT2D eigenvalue weighted by Gasteiger charge is -2.12. The number of hydrogen-bond acceptors (Lipinski definition) is 2. The minimum absolute atomic E-state index is 0.736. The molecule has 2 nitrogen and oxygen atoms in total. The van der Waals surface area contributed by atoms with Crippen molar-refractivity contribution in [3.8, 4) is 11.8 Å². The summed E-state index contributed by atoms with van der Waals surface area (Å²) in [7, 11) is 0. The molecular weight excluding hydrogens is 148 g/mol. The van der Waals surface area contributed by atoms with Crippen molar-refractivity contribution in [1.82, 2.24) is 4.90 Å². The van der Waals surface area contributed by atoms with Gasteiger partial charge >= 0.3 is 0 Å². The van der Waals surface area contributed by atoms with Gasteiger partial charge in [0.1, 0.15) is 0 Å². The SMILES string of the molecule is CC#CCCN1CCC(CN)C1. The fourth-order valence-corrected chi connectivity index (χ4v) is 1.65. The monoisotopic (exact) mass is 166 g/mol. The Morgan fingerprint density at radius 2 is 2.42 bits per heavy atom. The molecular formula is C10H18N2. The Hall–Kier alpha value is -0.520. The maximum absolute atomic E-state index is 5.60. The molecule has 0 aromatic carbocycles. The first-order valence-corrected chi connectivity index (χ1v) is 4.69. The molecule has 0 aromatic heterocycles. The number of nitrogens with two attached hydrogens (primary N) is 1. The molecule has 0 bridgehead atoms. The number of nitrogens with zero attached hydrogens (tertiary/aromatic N) is 1. The molecule has 1 aliphatic heterocycles. The van der Waals surface area contributed by atoms with E-state index in [9.17, 15) is 0 Å². The Bertz CT molecular complexity index is 178. The summed E-state index contributed by atoms with van der Waals surface area (Å²) < 4.78 is 0. The van der Waals surface area contributed by atoms with Gasteiger partial charge in [0, 0.05) is 19.5 Å². The van der Waals surface area contributed by atoms with Gasteiger partial charge in [0.15, 0.2) is 0 Å². The van der Waals surface area contributed by atoms with Crippen LogP contribution in [0, 0.1) is 17.8 Å². The number of hydrogen-bond donors (Lipinski definition) is 1. The van der Waals surface area contributed by atoms with Crippen LogP contribution in [0.4, 0.5) is 0 Å². The second kappa shape index (κ2) is 5.18. The third kappa shape index (κ3) is 2.84. The highest BCUT2D eigenvalue weighted by Crippen LogP contribution is 2.14. The van der Waals surface area contributed by atoms with Crippen molar-refractivity contribution in [2.45, 2.75) is 19.8 Å². The second-order valence-corrected chi connectivity index (χ2v) is 3.37. The fourth-order valence-electron chi connectivity index (χ4n) is 1.65. The van der Waals surface area contributed by atoms with Gasteiger partial charge in [0.2, 0.25) is 0 Å². The molecule has 1 fully saturated rings. The summed E-state index contributed by atoms with van der Waals surface area (Å²) in [5.41, 5.74) is 5.60. The summed E-state index contributed by atoms with van der Waals surface area (Å²) in [6.45, 7) is 6.26. The molecule has 68 valence electrons. The van der Waals surface area contributed by atoms with Gasteiger partial charge in [-0.25, -0.2) is 0 Å². The molecule has 0 aromatic rings. The highest BCUT2D eigenvalue weighted by molar-refractivity contribution is 4.95. The van der Waals surface area contributed by atoms with Crippen molar-refractivity contribution >= 4 is 0 Å². The Kier molecular flexibility index (Phi) is 4.13. The first-order valence-electron chi connectivity index (χ1n) is 4.69. The Labute approximate surface area is 75.1 Å². The summed E-state index contributed by atoms with van der Waals surface area (Å²) in [6, 6.07) is 0. The molecule has 0 amide bonds. The van der Waals surface area contributed by atoms with Crippen LogP contribution in [-0.4, -0.2) is 31.1 Å². The Morgan fingerprint density at radius 3 is 3.00 bits per heavy atom. The van der Waals surface area contributed by atoms with Crippen LogP contribution >= 0.6 is 0 Å². The van der Waals surface area contributed by atoms with E-state index in [0.717, 1.165) is 25.4 Å². The van der Waals surface area contributed by atoms with Crippen molar-refractivity contribution in [1.29, 1.82) is 0 Å². The standard InChI is InChI=1S/C10H18N2/c1-2-3-4-6-12-7-5-10(8-11)9-12/h10H,4-9,11H2,1H3. The smallest absolute Gasteiger partial charge is 0.0216 e. The van der Waals surface area contributed by atoms with Gasteiger partial charge in [-0.05, 0) is 32.4 Å². The molecule has 0 radical (unpaired) electrons. The molecule has 12 heavy (non-hydrogen) atoms. The van der Waals surface area contributed by atoms with Crippen molar-refractivity contribution in [3.05, 3.63) is 0 Å². The zero-order valence-corrected chi connectivity index (χ0v) is 7.84. The van der Waals surface area contributed by atoms with Crippen LogP contribution in [0.3, 0.4) is 0 Å². The van der Waals surface area contributed by atoms with Crippen LogP contribution < -0.4 is 5.73 Å². The zero-order valence-electron chi connectivity index (χ0n) is 7.84. The van der Waals surface area contributed by atoms with Gasteiger partial charge in [0.25, 0.3) is 0 Å². The summed E-state index contributed by atoms with van der Waals surface area (Å²) in [5, 5.41) is 0. The van der Waals surface area contributed by atoms with Crippen LogP contribution in [0.15, 0.2) is 0 Å². The van der Waals surface area contributed by atoms with Gasteiger partial charge < -0.3 is 10.6 Å². The van der Waals surface area contributed by atoms with E-state index in [1.807, 2.05) is 6.92 Å². The topological polar surface area (TPSA) is 29.3 Å². The van der Waals surface area contributed by atoms with Gasteiger partial charge in [-0.15, -0.1) is 11.8 Å². The van der Waals surface area contributed by atoms with Crippen molar-refractivity contribution in [2.24, 2.45) is 11.7 Å². The first kappa shape index (κ1) is 9.57. The van der Waals surface area contributed by atoms with Gasteiger partial charge in [-0.2, -0.15) is 0 Å². The molecule has 0 aliphatic carbocycles. The molecule has 1 saturated heterocycles. The van der Waals surface area contributed by atoms with Gasteiger partial charge in [0.05, 0.1) is 0 Å². The van der Waals surface area contributed by atoms with E-state index in [1.165, 1.54) is 19.5 Å². The molecule has 0 saturated carbocycles. The van der Waals surface area contributed by atoms with Crippen molar-refractivity contribution < 1.29 is 0 Å². The first-order chi connectivity index (χ1) is 5.86. The highest BCUT2D eigenvalue weighted by Gasteiger charge is 2.19. The molecule has 2 heteroatoms. The van der Waals surface area contributed by atoms with Crippen LogP contribution in [0.25, 0.3) is 0 Å². The minimum atomic E-state index is 0.736. The quantitative estimate of drug-likeness (QED) is 0.625. The molecule has 1 rings (SSSR count). The predicted molar refractivity (Wildman–Crippen MR) is 51.7 cm³/mol. The maximum atomic E-state index is 5.60. The number of rotatable bonds is 3. The zero-order chi connectivity index (χ0) is 8.81. The van der Waals surface area contributed by atoms with E-state index < -0.39 is 0 Å². The molecule has 2 N–H and O–H groups in total. The van der Waals surface area contributed by atoms with Crippen LogP contribution in [0.1, 0.15) is 19.8 Å². The summed E-state index contributed by atoms with van der Waals surface area (Å²) in [4.78, 5) is 2.46. The second-order valence-electron chi connectivity index (χ2n) is 3.37. The average molecular weight is 166 g/mol. The predicted octanol–water partition coefficient (Wildman–Crippen LogP) is 0.680. The molecule has 1 aliphatic rings. The molecule has 1 atom stereocenters. The molecule has 1 heterocycles. The number of likely N-dealkylation sites (tertiary alicyclic amines) is 1. The Morgan fingerprint density at radius 1 is 1.58 bits per heavy atom. The molecule has 1 unspecified atom stereocenters. The van der Waals surface area contributed by atoms with Crippen LogP contribution in [0.2, 0.25) is 0 Å². The fraction of sp³-hybridized carbons (Fsp3) is 0.800. The average Bonchev–Trinajstić information content (AvgIpc) is 2.53. The summed E-state index contributed by atoms with van der Waals surface area (Å²) >= 11 is 0. The van der Waals surface area contributed by atoms with Crippen LogP contribution in [-0.2, 0) is 0 Å². The van der Waals surface area contributed by atoms with E-state index in [0.29, 0.717) is 0 Å². The Balaban J connectivity index is 2.13. The van der Waals surface area contributed by atoms with E-state index in [-0.39, 0.29) is 0 Å². The third-order valence-electron chi connectivity index (χ3n) is 2.43. The van der Waals surface area contributed by atoms with Crippen molar-refractivity contribution in [2.75, 3.05) is 26.2 Å². The van der Waals surface area contributed by atoms with E-state index in [4.69, 9.17) is 5.73 Å². The highest BCUT2D eigenvalue weighted by atomic mass is 15.1. The normalized spacial score (nSPS) is 23.7. The van der Waals surface area contributed by atoms with Gasteiger partial charge in [-0.1, -0.05) is 0 Å². The maximum Gasteiger partial charge on any atom is 0.0216 e. The summed E-state index contributed by atoms with van der Waals surface area (Å²) in [6.07, 6.45) is 2.28. The van der Waals surface area contributed by atoms with E-state index in [2.05, 4.69) is 16.7 Å². The lowest BCUT2D eigenvalue weighted by atomic mass is 10.1. The van der Waals surface area contributed by atoms with E-state index >= 15 is 0 Å². The van der Waals surface area contributed by atoms with E-state index in [1.54, 1.807) is 0 Å². The summed E-state index contributed by atoms with van der Waals surface area (Å²) in [5.74, 6) is 6.74. The largest absolute Gasteiger partial charge is 0.330 e. The lowest BCUT2D eigenvalue weighted by molar-refractivity contribution is 0.334. The van der Waals surface area contributed by atoms with Crippen LogP contribution in [0.5, 0.6) is 0 Å².